The molecule has 0 saturated carbocycles. The standard InChI is InChI=1S/C24H30N3OP/c1-19-4-7-22(16-25-19)10-13-29(28,14-11-23-8-5-20(2)26-17-23)15-12-24-9-6-21(3)27-18-24/h4-9,16-18H,10-15H2,1-3H3. The van der Waals surface area contributed by atoms with Gasteiger partial charge in [-0.2, -0.15) is 0 Å². The minimum atomic E-state index is -2.33. The Morgan fingerprint density at radius 3 is 1.14 bits per heavy atom. The van der Waals surface area contributed by atoms with Crippen molar-refractivity contribution in [1.29, 1.82) is 0 Å². The normalized spacial score (nSPS) is 11.6. The van der Waals surface area contributed by atoms with Gasteiger partial charge < -0.3 is 4.57 Å². The molecule has 0 aliphatic carbocycles. The summed E-state index contributed by atoms with van der Waals surface area (Å²) in [5.74, 6) is 0. The molecule has 5 heteroatoms. The topological polar surface area (TPSA) is 55.7 Å². The van der Waals surface area contributed by atoms with E-state index in [4.69, 9.17) is 0 Å². The summed E-state index contributed by atoms with van der Waals surface area (Å²) in [4.78, 5) is 13.1. The van der Waals surface area contributed by atoms with Crippen LogP contribution in [0.1, 0.15) is 33.8 Å². The molecule has 0 saturated heterocycles. The summed E-state index contributed by atoms with van der Waals surface area (Å²) in [7, 11) is -2.33. The number of hydrogen-bond acceptors (Lipinski definition) is 4. The number of aryl methyl sites for hydroxylation is 6. The van der Waals surface area contributed by atoms with Crippen molar-refractivity contribution in [3.8, 4) is 0 Å². The first-order valence-electron chi connectivity index (χ1n) is 10.2. The lowest BCUT2D eigenvalue weighted by atomic mass is 10.2. The van der Waals surface area contributed by atoms with Gasteiger partial charge >= 0.3 is 0 Å². The quantitative estimate of drug-likeness (QED) is 0.458. The highest BCUT2D eigenvalue weighted by Crippen LogP contribution is 2.47. The van der Waals surface area contributed by atoms with Gasteiger partial charge in [0.15, 0.2) is 0 Å². The molecule has 0 aliphatic rings. The van der Waals surface area contributed by atoms with Crippen LogP contribution in [-0.2, 0) is 23.8 Å². The predicted molar refractivity (Wildman–Crippen MR) is 120 cm³/mol. The van der Waals surface area contributed by atoms with E-state index in [9.17, 15) is 4.57 Å². The first-order valence-corrected chi connectivity index (χ1v) is 12.5. The molecule has 3 aromatic rings. The third-order valence-electron chi connectivity index (χ3n) is 5.34. The molecule has 0 spiro atoms. The van der Waals surface area contributed by atoms with E-state index in [1.807, 2.05) is 57.6 Å². The van der Waals surface area contributed by atoms with E-state index in [1.165, 1.54) is 0 Å². The van der Waals surface area contributed by atoms with Crippen molar-refractivity contribution in [3.05, 3.63) is 88.8 Å². The van der Waals surface area contributed by atoms with Crippen LogP contribution < -0.4 is 0 Å². The summed E-state index contributed by atoms with van der Waals surface area (Å²) in [5.41, 5.74) is 6.50. The van der Waals surface area contributed by atoms with Gasteiger partial charge in [-0.25, -0.2) is 0 Å². The maximum absolute atomic E-state index is 13.9. The monoisotopic (exact) mass is 407 g/mol. The molecule has 0 N–H and O–H groups in total. The van der Waals surface area contributed by atoms with Crippen LogP contribution in [0.15, 0.2) is 55.0 Å². The number of aromatic nitrogens is 3. The molecule has 0 unspecified atom stereocenters. The molecule has 3 rings (SSSR count). The van der Waals surface area contributed by atoms with Crippen LogP contribution in [0.25, 0.3) is 0 Å². The Morgan fingerprint density at radius 1 is 0.586 bits per heavy atom. The number of nitrogens with zero attached hydrogens (tertiary/aromatic N) is 3. The zero-order valence-electron chi connectivity index (χ0n) is 17.6. The second-order valence-corrected chi connectivity index (χ2v) is 11.4. The molecule has 3 aromatic heterocycles. The van der Waals surface area contributed by atoms with Crippen molar-refractivity contribution >= 4 is 7.14 Å². The molecule has 4 nitrogen and oxygen atoms in total. The molecule has 152 valence electrons. The van der Waals surface area contributed by atoms with Gasteiger partial charge in [-0.15, -0.1) is 0 Å². The largest absolute Gasteiger partial charge is 0.324 e. The van der Waals surface area contributed by atoms with Crippen molar-refractivity contribution in [3.63, 3.8) is 0 Å². The lowest BCUT2D eigenvalue weighted by Gasteiger charge is -2.19. The molecular formula is C24H30N3OP. The van der Waals surface area contributed by atoms with Crippen molar-refractivity contribution in [2.75, 3.05) is 18.5 Å². The fourth-order valence-corrected chi connectivity index (χ4v) is 5.94. The highest BCUT2D eigenvalue weighted by atomic mass is 31.2. The third-order valence-corrected chi connectivity index (χ3v) is 8.46. The summed E-state index contributed by atoms with van der Waals surface area (Å²) in [5, 5.41) is 0. The van der Waals surface area contributed by atoms with Crippen LogP contribution in [0.3, 0.4) is 0 Å². The average molecular weight is 407 g/mol. The van der Waals surface area contributed by atoms with E-state index in [2.05, 4.69) is 33.2 Å². The first kappa shape index (κ1) is 21.4. The van der Waals surface area contributed by atoms with Crippen molar-refractivity contribution in [2.24, 2.45) is 0 Å². The Kier molecular flexibility index (Phi) is 7.33. The van der Waals surface area contributed by atoms with Gasteiger partial charge in [0.1, 0.15) is 0 Å². The highest BCUT2D eigenvalue weighted by Gasteiger charge is 2.22. The second kappa shape index (κ2) is 9.93. The third kappa shape index (κ3) is 6.90. The van der Waals surface area contributed by atoms with E-state index in [0.717, 1.165) is 71.5 Å². The van der Waals surface area contributed by atoms with Crippen molar-refractivity contribution in [1.82, 2.24) is 15.0 Å². The lowest BCUT2D eigenvalue weighted by molar-refractivity contribution is 0.572. The van der Waals surface area contributed by atoms with Gasteiger partial charge in [0, 0.05) is 54.2 Å². The maximum atomic E-state index is 13.9. The molecule has 0 aliphatic heterocycles. The first-order chi connectivity index (χ1) is 13.9. The van der Waals surface area contributed by atoms with Crippen LogP contribution in [0.4, 0.5) is 0 Å². The van der Waals surface area contributed by atoms with E-state index in [1.54, 1.807) is 0 Å². The smallest absolute Gasteiger partial charge is 0.0887 e. The molecule has 0 bridgehead atoms. The molecule has 0 aromatic carbocycles. The molecule has 29 heavy (non-hydrogen) atoms. The van der Waals surface area contributed by atoms with Crippen molar-refractivity contribution < 1.29 is 4.57 Å². The predicted octanol–water partition coefficient (Wildman–Crippen LogP) is 5.19. The average Bonchev–Trinajstić information content (AvgIpc) is 2.73. The van der Waals surface area contributed by atoms with E-state index < -0.39 is 7.14 Å². The second-order valence-electron chi connectivity index (χ2n) is 7.90. The van der Waals surface area contributed by atoms with E-state index >= 15 is 0 Å². The Labute approximate surface area is 174 Å². The SMILES string of the molecule is Cc1ccc(CCP(=O)(CCc2ccc(C)nc2)CCc2ccc(C)nc2)cn1. The molecule has 0 fully saturated rings. The van der Waals surface area contributed by atoms with E-state index in [0.29, 0.717) is 0 Å². The van der Waals surface area contributed by atoms with Crippen LogP contribution in [0.2, 0.25) is 0 Å². The van der Waals surface area contributed by atoms with Gasteiger partial charge in [-0.05, 0) is 74.9 Å². The Bertz CT molecular complexity index is 824. The van der Waals surface area contributed by atoms with Crippen molar-refractivity contribution in [2.45, 2.75) is 40.0 Å². The van der Waals surface area contributed by atoms with Gasteiger partial charge in [-0.3, -0.25) is 15.0 Å². The van der Waals surface area contributed by atoms with Gasteiger partial charge in [0.2, 0.25) is 0 Å². The molecule has 0 amide bonds. The summed E-state index contributed by atoms with van der Waals surface area (Å²) in [6.07, 6.45) is 10.3. The molecule has 3 heterocycles. The Hall–Kier alpha value is -2.32. The minimum Gasteiger partial charge on any atom is -0.324 e. The number of hydrogen-bond donors (Lipinski definition) is 0. The Balaban J connectivity index is 1.67. The van der Waals surface area contributed by atoms with Crippen LogP contribution in [0, 0.1) is 20.8 Å². The zero-order chi connectivity index (χ0) is 20.7. The minimum absolute atomic E-state index is 0.719. The fourth-order valence-electron chi connectivity index (χ4n) is 3.27. The summed E-state index contributed by atoms with van der Waals surface area (Å²) < 4.78 is 13.9. The van der Waals surface area contributed by atoms with Crippen LogP contribution in [-0.4, -0.2) is 33.4 Å². The lowest BCUT2D eigenvalue weighted by Crippen LogP contribution is -2.08. The molecule has 0 atom stereocenters. The molecular weight excluding hydrogens is 377 g/mol. The Morgan fingerprint density at radius 2 is 0.897 bits per heavy atom. The van der Waals surface area contributed by atoms with E-state index in [-0.39, 0.29) is 0 Å². The molecule has 0 radical (unpaired) electrons. The summed E-state index contributed by atoms with van der Waals surface area (Å²) in [6, 6.07) is 12.4. The van der Waals surface area contributed by atoms with Crippen LogP contribution in [0.5, 0.6) is 0 Å². The summed E-state index contributed by atoms with van der Waals surface area (Å²) in [6.45, 7) is 5.96. The van der Waals surface area contributed by atoms with Crippen LogP contribution >= 0.6 is 7.14 Å². The van der Waals surface area contributed by atoms with Gasteiger partial charge in [0.25, 0.3) is 0 Å². The highest BCUT2D eigenvalue weighted by molar-refractivity contribution is 7.63. The van der Waals surface area contributed by atoms with Gasteiger partial charge in [-0.1, -0.05) is 18.2 Å². The maximum Gasteiger partial charge on any atom is 0.0887 e. The van der Waals surface area contributed by atoms with Gasteiger partial charge in [0.05, 0.1) is 7.14 Å². The summed E-state index contributed by atoms with van der Waals surface area (Å²) >= 11 is 0. The number of pyridine rings is 3. The number of rotatable bonds is 9. The zero-order valence-corrected chi connectivity index (χ0v) is 18.5. The fraction of sp³-hybridized carbons (Fsp3) is 0.375.